The molecule has 50 heavy (non-hydrogen) atoms. The molecule has 272 valence electrons. The van der Waals surface area contributed by atoms with E-state index in [-0.39, 0.29) is 61.5 Å². The van der Waals surface area contributed by atoms with Crippen molar-refractivity contribution in [1.29, 1.82) is 0 Å². The quantitative estimate of drug-likeness (QED) is 0.114. The van der Waals surface area contributed by atoms with Crippen LogP contribution in [-0.4, -0.2) is 86.9 Å². The number of aromatic nitrogens is 1. The second-order valence-electron chi connectivity index (χ2n) is 13.2. The monoisotopic (exact) mass is 761 g/mol. The summed E-state index contributed by atoms with van der Waals surface area (Å²) in [4.78, 5) is 50.3. The predicted molar refractivity (Wildman–Crippen MR) is 189 cm³/mol. The number of ketones is 1. The van der Waals surface area contributed by atoms with Crippen molar-refractivity contribution in [2.75, 3.05) is 31.6 Å². The number of nitrogens with one attached hydrogen (secondary N) is 2. The van der Waals surface area contributed by atoms with E-state index in [1.165, 1.54) is 4.90 Å². The Hall–Kier alpha value is -3.98. The van der Waals surface area contributed by atoms with E-state index in [2.05, 4.69) is 26.6 Å². The second kappa shape index (κ2) is 18.9. The van der Waals surface area contributed by atoms with Crippen LogP contribution in [0, 0.1) is 17.0 Å². The summed E-state index contributed by atoms with van der Waals surface area (Å²) in [5, 5.41) is 25.1. The number of hydrogen-bond acceptors (Lipinski definition) is 7. The Balaban J connectivity index is 1.85. The fraction of sp³-hybridized carbons (Fsp3) is 0.444. The van der Waals surface area contributed by atoms with Gasteiger partial charge in [-0.1, -0.05) is 67.0 Å². The van der Waals surface area contributed by atoms with E-state index in [1.807, 2.05) is 55.7 Å². The summed E-state index contributed by atoms with van der Waals surface area (Å²) in [5.41, 5.74) is 7.84. The van der Waals surface area contributed by atoms with Crippen molar-refractivity contribution in [3.63, 3.8) is 0 Å². The van der Waals surface area contributed by atoms with Crippen LogP contribution in [0.1, 0.15) is 57.3 Å². The molecule has 0 spiro atoms. The van der Waals surface area contributed by atoms with Crippen molar-refractivity contribution in [2.24, 2.45) is 11.1 Å². The maximum absolute atomic E-state index is 15.0. The predicted octanol–water partition coefficient (Wildman–Crippen LogP) is 4.01. The van der Waals surface area contributed by atoms with Crippen LogP contribution < -0.4 is 16.4 Å². The number of amides is 2. The molecular formula is C36H46BrF2N5O6. The van der Waals surface area contributed by atoms with Gasteiger partial charge in [-0.2, -0.15) is 0 Å². The van der Waals surface area contributed by atoms with Crippen LogP contribution in [-0.2, 0) is 25.7 Å². The average Bonchev–Trinajstić information content (AvgIpc) is 3.47. The third kappa shape index (κ3) is 11.8. The normalized spacial score (nSPS) is 13.4. The molecule has 0 bridgehead atoms. The van der Waals surface area contributed by atoms with Gasteiger partial charge in [0.15, 0.2) is 5.78 Å². The van der Waals surface area contributed by atoms with E-state index in [4.69, 9.17) is 5.73 Å². The molecule has 0 saturated carbocycles. The lowest BCUT2D eigenvalue weighted by Gasteiger charge is -2.41. The minimum absolute atomic E-state index is 0.0149. The Kier molecular flexibility index (Phi) is 15.3. The largest absolute Gasteiger partial charge is 0.480 e. The molecule has 0 aliphatic carbocycles. The first-order valence-electron chi connectivity index (χ1n) is 16.3. The van der Waals surface area contributed by atoms with Crippen molar-refractivity contribution in [1.82, 2.24) is 20.1 Å². The van der Waals surface area contributed by atoms with E-state index in [0.29, 0.717) is 17.8 Å². The summed E-state index contributed by atoms with van der Waals surface area (Å²) in [6.07, 6.45) is 1.86. The number of aliphatic carboxylic acids is 1. The molecule has 0 fully saturated rings. The molecule has 0 saturated heterocycles. The molecule has 0 unspecified atom stereocenters. The number of aliphatic hydroxyl groups is 1. The van der Waals surface area contributed by atoms with Crippen molar-refractivity contribution < 1.29 is 38.2 Å². The van der Waals surface area contributed by atoms with Gasteiger partial charge in [0.2, 0.25) is 11.8 Å². The van der Waals surface area contributed by atoms with E-state index in [9.17, 15) is 38.2 Å². The molecule has 3 atom stereocenters. The molecule has 14 heteroatoms. The first-order chi connectivity index (χ1) is 23.6. The average molecular weight is 763 g/mol. The smallest absolute Gasteiger partial charge is 0.320 e. The zero-order valence-corrected chi connectivity index (χ0v) is 30.1. The highest BCUT2D eigenvalue weighted by Gasteiger charge is 2.37. The van der Waals surface area contributed by atoms with Gasteiger partial charge < -0.3 is 36.0 Å². The minimum Gasteiger partial charge on any atom is -0.480 e. The molecule has 2 aromatic carbocycles. The van der Waals surface area contributed by atoms with Crippen LogP contribution in [0.25, 0.3) is 11.1 Å². The van der Waals surface area contributed by atoms with Gasteiger partial charge in [-0.05, 0) is 48.1 Å². The third-order valence-electron chi connectivity index (χ3n) is 8.21. The van der Waals surface area contributed by atoms with Crippen LogP contribution in [0.2, 0.25) is 0 Å². The molecule has 0 aliphatic rings. The lowest BCUT2D eigenvalue weighted by Crippen LogP contribution is -2.47. The van der Waals surface area contributed by atoms with Crippen molar-refractivity contribution in [3.8, 4) is 11.1 Å². The van der Waals surface area contributed by atoms with Gasteiger partial charge in [-0.25, -0.2) is 8.78 Å². The number of aliphatic hydroxyl groups excluding tert-OH is 1. The summed E-state index contributed by atoms with van der Waals surface area (Å²) >= 11 is 2.99. The van der Waals surface area contributed by atoms with Crippen LogP contribution in [0.5, 0.6) is 0 Å². The Morgan fingerprint density at radius 3 is 2.36 bits per heavy atom. The Morgan fingerprint density at radius 1 is 1.04 bits per heavy atom. The Morgan fingerprint density at radius 2 is 1.74 bits per heavy atom. The Bertz CT molecular complexity index is 1610. The highest BCUT2D eigenvalue weighted by atomic mass is 79.9. The van der Waals surface area contributed by atoms with E-state index in [0.717, 1.165) is 23.8 Å². The Labute approximate surface area is 299 Å². The lowest BCUT2D eigenvalue weighted by molar-refractivity contribution is -0.140. The molecule has 0 aliphatic heterocycles. The molecule has 2 amide bonds. The van der Waals surface area contributed by atoms with Crippen molar-refractivity contribution >= 4 is 39.5 Å². The maximum atomic E-state index is 15.0. The number of halogens is 3. The number of benzene rings is 2. The number of carbonyl (C=O) groups excluding carboxylic acids is 3. The molecule has 1 heterocycles. The molecular weight excluding hydrogens is 716 g/mol. The second-order valence-corrected chi connectivity index (χ2v) is 13.8. The van der Waals surface area contributed by atoms with Crippen LogP contribution >= 0.6 is 15.9 Å². The molecule has 1 aromatic heterocycles. The summed E-state index contributed by atoms with van der Waals surface area (Å²) in [6.45, 7) is 5.33. The molecule has 11 nitrogen and oxygen atoms in total. The number of nitrogens with zero attached hydrogens (tertiary/aromatic N) is 2. The van der Waals surface area contributed by atoms with Crippen LogP contribution in [0.3, 0.4) is 0 Å². The standard InChI is InChI=1S/C36H46BrF2N5O6/c1-36(2,3)34(31-15-24(28-16-25(38)9-11-29(28)39)21-43(31)20-23-7-5-4-6-8-23)44(33(48)22-45)14-13-26(40)18-41-30(35(49)50)12-10-27(46)19-42-32(47)17-37/h4-9,11,15-16,21,26,30,34,41,45H,10,12-14,17-20,22,40H2,1-3H3,(H,42,47)(H,49,50)/t26-,30+,34-/m0/s1. The van der Waals surface area contributed by atoms with Gasteiger partial charge in [-0.3, -0.25) is 19.2 Å². The number of carboxylic acid groups (broad SMARTS) is 1. The summed E-state index contributed by atoms with van der Waals surface area (Å²) in [7, 11) is 0. The van der Waals surface area contributed by atoms with Crippen LogP contribution in [0.15, 0.2) is 60.8 Å². The number of Topliss-reactive ketones (excluding diaryl/α,β-unsaturated/α-hetero) is 1. The summed E-state index contributed by atoms with van der Waals surface area (Å²) in [6, 6.07) is 12.2. The van der Waals surface area contributed by atoms with Gasteiger partial charge in [0.25, 0.3) is 0 Å². The number of rotatable bonds is 19. The van der Waals surface area contributed by atoms with Crippen molar-refractivity contribution in [3.05, 3.63) is 83.7 Å². The zero-order chi connectivity index (χ0) is 37.0. The van der Waals surface area contributed by atoms with Gasteiger partial charge in [0.1, 0.15) is 24.3 Å². The number of hydrogen-bond donors (Lipinski definition) is 5. The maximum Gasteiger partial charge on any atom is 0.320 e. The van der Waals surface area contributed by atoms with Crippen LogP contribution in [0.4, 0.5) is 8.78 Å². The van der Waals surface area contributed by atoms with Crippen molar-refractivity contribution in [2.45, 2.75) is 64.7 Å². The SMILES string of the molecule is CC(C)(C)[C@H](c1cc(-c2cc(F)ccc2F)cn1Cc1ccccc1)N(CC[C@H](N)CN[C@H](CCC(=O)CNC(=O)CBr)C(=O)O)C(=O)CO. The minimum atomic E-state index is -1.16. The topological polar surface area (TPSA) is 167 Å². The first-order valence-corrected chi connectivity index (χ1v) is 17.4. The van der Waals surface area contributed by atoms with Gasteiger partial charge in [-0.15, -0.1) is 0 Å². The van der Waals surface area contributed by atoms with E-state index in [1.54, 1.807) is 12.3 Å². The number of nitrogens with two attached hydrogens (primary N) is 1. The van der Waals surface area contributed by atoms with Gasteiger partial charge in [0.05, 0.1) is 17.9 Å². The summed E-state index contributed by atoms with van der Waals surface area (Å²) in [5.74, 6) is -3.60. The molecule has 0 radical (unpaired) electrons. The van der Waals surface area contributed by atoms with E-state index < -0.39 is 53.7 Å². The highest BCUT2D eigenvalue weighted by Crippen LogP contribution is 2.41. The molecule has 3 aromatic rings. The highest BCUT2D eigenvalue weighted by molar-refractivity contribution is 9.09. The number of alkyl halides is 1. The fourth-order valence-corrected chi connectivity index (χ4v) is 5.95. The summed E-state index contributed by atoms with van der Waals surface area (Å²) < 4.78 is 31.1. The van der Waals surface area contributed by atoms with Gasteiger partial charge in [0, 0.05) is 55.1 Å². The first kappa shape index (κ1) is 40.4. The van der Waals surface area contributed by atoms with Gasteiger partial charge >= 0.3 is 5.97 Å². The fourth-order valence-electron chi connectivity index (χ4n) is 5.75. The number of carbonyl (C=O) groups is 4. The van der Waals surface area contributed by atoms with E-state index >= 15 is 0 Å². The zero-order valence-electron chi connectivity index (χ0n) is 28.5. The molecule has 3 rings (SSSR count). The third-order valence-corrected chi connectivity index (χ3v) is 8.72. The lowest BCUT2D eigenvalue weighted by atomic mass is 9.82. The molecule has 6 N–H and O–H groups in total. The number of carboxylic acids is 1.